The maximum Gasteiger partial charge on any atom is 0.247 e. The summed E-state index contributed by atoms with van der Waals surface area (Å²) >= 11 is 0. The fourth-order valence-electron chi connectivity index (χ4n) is 3.19. The molecule has 128 valence electrons. The third-order valence-corrected chi connectivity index (χ3v) is 4.62. The number of likely N-dealkylation sites (tertiary alicyclic amines) is 1. The van der Waals surface area contributed by atoms with E-state index in [-0.39, 0.29) is 11.7 Å². The van der Waals surface area contributed by atoms with Crippen molar-refractivity contribution >= 4 is 0 Å². The van der Waals surface area contributed by atoms with E-state index in [0.29, 0.717) is 11.8 Å². The molecule has 0 saturated carbocycles. The number of aromatic nitrogens is 3. The number of benzene rings is 1. The molecule has 0 radical (unpaired) electrons. The van der Waals surface area contributed by atoms with Crippen molar-refractivity contribution in [1.82, 2.24) is 20.1 Å². The molecule has 0 N–H and O–H groups in total. The van der Waals surface area contributed by atoms with E-state index in [2.05, 4.69) is 32.2 Å². The Morgan fingerprint density at radius 3 is 2.44 bits per heavy atom. The van der Waals surface area contributed by atoms with Gasteiger partial charge in [0.25, 0.3) is 0 Å². The predicted molar refractivity (Wildman–Crippen MR) is 91.2 cm³/mol. The van der Waals surface area contributed by atoms with E-state index in [4.69, 9.17) is 4.42 Å². The first-order valence-corrected chi connectivity index (χ1v) is 8.48. The molecule has 1 saturated heterocycles. The zero-order valence-corrected chi connectivity index (χ0v) is 13.8. The summed E-state index contributed by atoms with van der Waals surface area (Å²) in [6.45, 7) is 2.95. The van der Waals surface area contributed by atoms with Gasteiger partial charge in [0, 0.05) is 30.4 Å². The summed E-state index contributed by atoms with van der Waals surface area (Å²) in [5.74, 6) is 1.15. The molecule has 0 unspecified atom stereocenters. The minimum absolute atomic E-state index is 0.273. The van der Waals surface area contributed by atoms with Gasteiger partial charge in [-0.05, 0) is 67.9 Å². The fourth-order valence-corrected chi connectivity index (χ4v) is 3.19. The van der Waals surface area contributed by atoms with E-state index >= 15 is 0 Å². The summed E-state index contributed by atoms with van der Waals surface area (Å²) in [4.78, 5) is 6.49. The molecule has 2 aromatic heterocycles. The maximum atomic E-state index is 13.0. The first-order chi connectivity index (χ1) is 12.3. The van der Waals surface area contributed by atoms with Gasteiger partial charge in [-0.3, -0.25) is 9.88 Å². The zero-order chi connectivity index (χ0) is 17.1. The van der Waals surface area contributed by atoms with Gasteiger partial charge in [-0.25, -0.2) is 4.39 Å². The van der Waals surface area contributed by atoms with Gasteiger partial charge in [-0.1, -0.05) is 0 Å². The molecular weight excluding hydrogens is 319 g/mol. The topological polar surface area (TPSA) is 55.1 Å². The van der Waals surface area contributed by atoms with Crippen molar-refractivity contribution in [3.05, 3.63) is 66.1 Å². The van der Waals surface area contributed by atoms with E-state index in [0.717, 1.165) is 38.0 Å². The summed E-state index contributed by atoms with van der Waals surface area (Å²) < 4.78 is 18.8. The summed E-state index contributed by atoms with van der Waals surface area (Å²) in [5, 5.41) is 8.33. The van der Waals surface area contributed by atoms with E-state index in [9.17, 15) is 4.39 Å². The number of hydrogen-bond donors (Lipinski definition) is 0. The van der Waals surface area contributed by atoms with Crippen LogP contribution in [0.4, 0.5) is 4.39 Å². The van der Waals surface area contributed by atoms with Gasteiger partial charge in [0.2, 0.25) is 11.8 Å². The quantitative estimate of drug-likeness (QED) is 0.727. The van der Waals surface area contributed by atoms with Crippen LogP contribution in [0.2, 0.25) is 0 Å². The highest BCUT2D eigenvalue weighted by Gasteiger charge is 2.25. The second-order valence-electron chi connectivity index (χ2n) is 6.36. The Balaban J connectivity index is 1.37. The summed E-state index contributed by atoms with van der Waals surface area (Å²) in [7, 11) is 0. The van der Waals surface area contributed by atoms with Crippen LogP contribution >= 0.6 is 0 Å². The van der Waals surface area contributed by atoms with Crippen LogP contribution < -0.4 is 0 Å². The van der Waals surface area contributed by atoms with E-state index < -0.39 is 0 Å². The Hall–Kier alpha value is -2.60. The largest absolute Gasteiger partial charge is 0.420 e. The van der Waals surface area contributed by atoms with Gasteiger partial charge in [0.15, 0.2) is 0 Å². The Bertz CT molecular complexity index is 811. The van der Waals surface area contributed by atoms with Crippen LogP contribution in [0.25, 0.3) is 11.5 Å². The van der Waals surface area contributed by atoms with Crippen LogP contribution in [0.15, 0.2) is 53.2 Å². The second-order valence-corrected chi connectivity index (χ2v) is 6.36. The first-order valence-electron chi connectivity index (χ1n) is 8.48. The highest BCUT2D eigenvalue weighted by Crippen LogP contribution is 2.29. The third kappa shape index (κ3) is 3.74. The molecule has 0 aliphatic carbocycles. The average molecular weight is 338 g/mol. The van der Waals surface area contributed by atoms with Crippen molar-refractivity contribution in [3.63, 3.8) is 0 Å². The van der Waals surface area contributed by atoms with Crippen LogP contribution in [0.5, 0.6) is 0 Å². The van der Waals surface area contributed by atoms with Crippen molar-refractivity contribution in [1.29, 1.82) is 0 Å². The van der Waals surface area contributed by atoms with Gasteiger partial charge >= 0.3 is 0 Å². The Morgan fingerprint density at radius 1 is 1.00 bits per heavy atom. The molecule has 3 aromatic rings. The van der Waals surface area contributed by atoms with Crippen molar-refractivity contribution in [2.24, 2.45) is 0 Å². The van der Waals surface area contributed by atoms with Crippen LogP contribution in [0.3, 0.4) is 0 Å². The lowest BCUT2D eigenvalue weighted by atomic mass is 9.96. The molecule has 0 atom stereocenters. The molecular formula is C19H19FN4O. The third-order valence-electron chi connectivity index (χ3n) is 4.62. The molecule has 1 aliphatic rings. The highest BCUT2D eigenvalue weighted by atomic mass is 19.1. The molecule has 0 amide bonds. The predicted octanol–water partition coefficient (Wildman–Crippen LogP) is 3.65. The lowest BCUT2D eigenvalue weighted by Crippen LogP contribution is -2.32. The van der Waals surface area contributed by atoms with E-state index in [1.54, 1.807) is 12.1 Å². The molecule has 1 aliphatic heterocycles. The number of pyridine rings is 1. The number of piperidine rings is 1. The number of halogens is 1. The second kappa shape index (κ2) is 7.11. The molecule has 1 aromatic carbocycles. The number of hydrogen-bond acceptors (Lipinski definition) is 5. The Kier molecular flexibility index (Phi) is 4.52. The van der Waals surface area contributed by atoms with E-state index in [1.807, 2.05) is 12.4 Å². The van der Waals surface area contributed by atoms with Crippen molar-refractivity contribution in [2.75, 3.05) is 13.1 Å². The summed E-state index contributed by atoms with van der Waals surface area (Å²) in [6, 6.07) is 10.2. The molecule has 6 heteroatoms. The molecule has 0 bridgehead atoms. The molecule has 4 rings (SSSR count). The van der Waals surface area contributed by atoms with E-state index in [1.165, 1.54) is 17.7 Å². The minimum Gasteiger partial charge on any atom is -0.420 e. The highest BCUT2D eigenvalue weighted by molar-refractivity contribution is 5.52. The van der Waals surface area contributed by atoms with Gasteiger partial charge in [0.1, 0.15) is 5.82 Å². The molecule has 3 heterocycles. The SMILES string of the molecule is Fc1ccc(-c2nnc(C3CCN(Cc4ccncc4)CC3)o2)cc1. The van der Waals surface area contributed by atoms with Gasteiger partial charge in [0.05, 0.1) is 0 Å². The van der Waals surface area contributed by atoms with Crippen LogP contribution in [0.1, 0.15) is 30.2 Å². The van der Waals surface area contributed by atoms with Crippen molar-refractivity contribution < 1.29 is 8.81 Å². The number of nitrogens with zero attached hydrogens (tertiary/aromatic N) is 4. The lowest BCUT2D eigenvalue weighted by Gasteiger charge is -2.30. The smallest absolute Gasteiger partial charge is 0.247 e. The maximum absolute atomic E-state index is 13.0. The minimum atomic E-state index is -0.273. The lowest BCUT2D eigenvalue weighted by molar-refractivity contribution is 0.193. The van der Waals surface area contributed by atoms with Gasteiger partial charge in [-0.15, -0.1) is 10.2 Å². The van der Waals surface area contributed by atoms with Gasteiger partial charge in [-0.2, -0.15) is 0 Å². The summed E-state index contributed by atoms with van der Waals surface area (Å²) in [5.41, 5.74) is 2.03. The Morgan fingerprint density at radius 2 is 1.72 bits per heavy atom. The molecule has 25 heavy (non-hydrogen) atoms. The van der Waals surface area contributed by atoms with Crippen LogP contribution in [-0.4, -0.2) is 33.2 Å². The van der Waals surface area contributed by atoms with Crippen LogP contribution in [-0.2, 0) is 6.54 Å². The monoisotopic (exact) mass is 338 g/mol. The Labute approximate surface area is 145 Å². The van der Waals surface area contributed by atoms with Crippen molar-refractivity contribution in [2.45, 2.75) is 25.3 Å². The molecule has 5 nitrogen and oxygen atoms in total. The standard InChI is InChI=1S/C19H19FN4O/c20-17-3-1-15(2-4-17)18-22-23-19(25-18)16-7-11-24(12-8-16)13-14-5-9-21-10-6-14/h1-6,9-10,16H,7-8,11-13H2. The molecule has 1 fully saturated rings. The van der Waals surface area contributed by atoms with Gasteiger partial charge < -0.3 is 4.42 Å². The van der Waals surface area contributed by atoms with Crippen molar-refractivity contribution in [3.8, 4) is 11.5 Å². The fraction of sp³-hybridized carbons (Fsp3) is 0.316. The zero-order valence-electron chi connectivity index (χ0n) is 13.8. The first kappa shape index (κ1) is 15.9. The molecule has 0 spiro atoms. The average Bonchev–Trinajstić information content (AvgIpc) is 3.14. The summed E-state index contributed by atoms with van der Waals surface area (Å²) in [6.07, 6.45) is 5.65. The normalized spacial score (nSPS) is 16.2. The number of rotatable bonds is 4. The van der Waals surface area contributed by atoms with Crippen LogP contribution in [0, 0.1) is 5.82 Å².